The molecule has 1 aliphatic rings. The van der Waals surface area contributed by atoms with Gasteiger partial charge in [-0.25, -0.2) is 9.78 Å². The van der Waals surface area contributed by atoms with Gasteiger partial charge in [-0.1, -0.05) is 13.8 Å². The number of nitrogens with zero attached hydrogens (tertiary/aromatic N) is 3. The maximum absolute atomic E-state index is 12.6. The molecule has 0 aromatic carbocycles. The number of esters is 1. The molecule has 3 rings (SSSR count). The molecule has 0 aliphatic carbocycles. The van der Waals surface area contributed by atoms with Crippen molar-refractivity contribution < 1.29 is 14.3 Å². The van der Waals surface area contributed by atoms with E-state index in [0.29, 0.717) is 18.0 Å². The van der Waals surface area contributed by atoms with Crippen LogP contribution in [0.2, 0.25) is 0 Å². The van der Waals surface area contributed by atoms with E-state index in [0.717, 1.165) is 10.6 Å². The van der Waals surface area contributed by atoms with Gasteiger partial charge in [-0.2, -0.15) is 4.99 Å². The van der Waals surface area contributed by atoms with Crippen LogP contribution in [0.1, 0.15) is 47.4 Å². The van der Waals surface area contributed by atoms with E-state index in [1.54, 1.807) is 42.1 Å². The van der Waals surface area contributed by atoms with E-state index >= 15 is 0 Å². The number of nitrogens with one attached hydrogen (secondary N) is 1. The SMILES string of the molecule is Cc1ncsc1CCOC(=O)c1cccnc1C1=NC(=O)C(C)(C(C)C)N1. The molecule has 142 valence electrons. The lowest BCUT2D eigenvalue weighted by atomic mass is 9.88. The Hall–Kier alpha value is -2.61. The number of hydrogen-bond acceptors (Lipinski definition) is 7. The number of rotatable bonds is 6. The van der Waals surface area contributed by atoms with Crippen LogP contribution < -0.4 is 5.32 Å². The number of aliphatic imine (C=N–C) groups is 1. The van der Waals surface area contributed by atoms with Crippen molar-refractivity contribution >= 4 is 29.0 Å². The number of aromatic nitrogens is 2. The normalized spacial score (nSPS) is 19.1. The van der Waals surface area contributed by atoms with Crippen molar-refractivity contribution in [2.45, 2.75) is 39.7 Å². The predicted molar refractivity (Wildman–Crippen MR) is 103 cm³/mol. The quantitative estimate of drug-likeness (QED) is 0.767. The molecule has 2 aromatic rings. The zero-order valence-electron chi connectivity index (χ0n) is 15.8. The minimum Gasteiger partial charge on any atom is -0.462 e. The molecule has 0 fully saturated rings. The van der Waals surface area contributed by atoms with E-state index in [4.69, 9.17) is 4.74 Å². The lowest BCUT2D eigenvalue weighted by Crippen LogP contribution is -2.50. The van der Waals surface area contributed by atoms with Gasteiger partial charge >= 0.3 is 5.97 Å². The molecule has 1 unspecified atom stereocenters. The van der Waals surface area contributed by atoms with Crippen molar-refractivity contribution in [3.8, 4) is 0 Å². The van der Waals surface area contributed by atoms with E-state index in [1.807, 2.05) is 20.8 Å². The first-order valence-electron chi connectivity index (χ1n) is 8.75. The van der Waals surface area contributed by atoms with Crippen LogP contribution in [0.4, 0.5) is 0 Å². The third-order valence-corrected chi connectivity index (χ3v) is 5.84. The van der Waals surface area contributed by atoms with Crippen LogP contribution in [0, 0.1) is 12.8 Å². The third-order valence-electron chi connectivity index (χ3n) is 4.85. The van der Waals surface area contributed by atoms with Gasteiger partial charge in [0.05, 0.1) is 23.4 Å². The molecule has 1 aliphatic heterocycles. The summed E-state index contributed by atoms with van der Waals surface area (Å²) in [5, 5.41) is 3.14. The maximum Gasteiger partial charge on any atom is 0.340 e. The highest BCUT2D eigenvalue weighted by atomic mass is 32.1. The van der Waals surface area contributed by atoms with Gasteiger partial charge in [0.15, 0.2) is 5.84 Å². The number of aryl methyl sites for hydroxylation is 1. The Morgan fingerprint density at radius 1 is 1.37 bits per heavy atom. The van der Waals surface area contributed by atoms with Gasteiger partial charge in [0.1, 0.15) is 11.2 Å². The summed E-state index contributed by atoms with van der Waals surface area (Å²) in [7, 11) is 0. The van der Waals surface area contributed by atoms with Gasteiger partial charge in [-0.3, -0.25) is 9.78 Å². The van der Waals surface area contributed by atoms with Crippen LogP contribution in [0.3, 0.4) is 0 Å². The molecule has 0 saturated carbocycles. The molecular formula is C19H22N4O3S. The summed E-state index contributed by atoms with van der Waals surface area (Å²) in [5.74, 6) is -0.413. The zero-order chi connectivity index (χ0) is 19.6. The lowest BCUT2D eigenvalue weighted by Gasteiger charge is -2.27. The summed E-state index contributed by atoms with van der Waals surface area (Å²) in [4.78, 5) is 38.5. The van der Waals surface area contributed by atoms with Crippen molar-refractivity contribution in [1.29, 1.82) is 0 Å². The fourth-order valence-corrected chi connectivity index (χ4v) is 3.45. The molecule has 7 nitrogen and oxygen atoms in total. The molecular weight excluding hydrogens is 364 g/mol. The zero-order valence-corrected chi connectivity index (χ0v) is 16.6. The fraction of sp³-hybridized carbons (Fsp3) is 0.421. The second kappa shape index (κ2) is 7.56. The highest BCUT2D eigenvalue weighted by Crippen LogP contribution is 2.25. The Balaban J connectivity index is 1.74. The maximum atomic E-state index is 12.6. The Morgan fingerprint density at radius 2 is 2.15 bits per heavy atom. The van der Waals surface area contributed by atoms with Gasteiger partial charge < -0.3 is 10.1 Å². The number of ether oxygens (including phenoxy) is 1. The summed E-state index contributed by atoms with van der Waals surface area (Å²) in [6.07, 6.45) is 2.17. The number of amides is 1. The first-order chi connectivity index (χ1) is 12.8. The van der Waals surface area contributed by atoms with Crippen molar-refractivity contribution in [2.75, 3.05) is 6.61 Å². The summed E-state index contributed by atoms with van der Waals surface area (Å²) in [5.41, 5.74) is 2.53. The topological polar surface area (TPSA) is 93.5 Å². The molecule has 0 spiro atoms. The molecule has 0 saturated heterocycles. The predicted octanol–water partition coefficient (Wildman–Crippen LogP) is 2.54. The van der Waals surface area contributed by atoms with Crippen molar-refractivity contribution in [2.24, 2.45) is 10.9 Å². The van der Waals surface area contributed by atoms with Gasteiger partial charge in [-0.05, 0) is 31.9 Å². The highest BCUT2D eigenvalue weighted by Gasteiger charge is 2.43. The van der Waals surface area contributed by atoms with Gasteiger partial charge in [0.2, 0.25) is 0 Å². The second-order valence-electron chi connectivity index (χ2n) is 6.89. The minimum atomic E-state index is -0.808. The average molecular weight is 386 g/mol. The molecule has 0 bridgehead atoms. The lowest BCUT2D eigenvalue weighted by molar-refractivity contribution is -0.123. The minimum absolute atomic E-state index is 0.0352. The summed E-state index contributed by atoms with van der Waals surface area (Å²) >= 11 is 1.54. The molecule has 8 heteroatoms. The summed E-state index contributed by atoms with van der Waals surface area (Å²) in [6.45, 7) is 7.86. The number of pyridine rings is 1. The van der Waals surface area contributed by atoms with Crippen molar-refractivity contribution in [1.82, 2.24) is 15.3 Å². The van der Waals surface area contributed by atoms with E-state index in [9.17, 15) is 9.59 Å². The Morgan fingerprint density at radius 3 is 2.78 bits per heavy atom. The van der Waals surface area contributed by atoms with E-state index in [2.05, 4.69) is 20.3 Å². The second-order valence-corrected chi connectivity index (χ2v) is 7.83. The fourth-order valence-electron chi connectivity index (χ4n) is 2.69. The number of carbonyl (C=O) groups is 2. The molecule has 0 radical (unpaired) electrons. The number of thiazole rings is 1. The molecule has 1 atom stereocenters. The van der Waals surface area contributed by atoms with Gasteiger partial charge in [0, 0.05) is 17.5 Å². The van der Waals surface area contributed by atoms with Crippen LogP contribution in [0.5, 0.6) is 0 Å². The number of hydrogen-bond donors (Lipinski definition) is 1. The Labute approximate surface area is 161 Å². The smallest absolute Gasteiger partial charge is 0.340 e. The van der Waals surface area contributed by atoms with Crippen molar-refractivity contribution in [3.05, 3.63) is 45.7 Å². The molecule has 1 amide bonds. The number of carbonyl (C=O) groups excluding carboxylic acids is 2. The van der Waals surface area contributed by atoms with Crippen molar-refractivity contribution in [3.63, 3.8) is 0 Å². The van der Waals surface area contributed by atoms with E-state index in [-0.39, 0.29) is 24.0 Å². The molecule has 3 heterocycles. The molecule has 1 N–H and O–H groups in total. The third kappa shape index (κ3) is 3.75. The van der Waals surface area contributed by atoms with Gasteiger partial charge in [-0.15, -0.1) is 11.3 Å². The van der Waals surface area contributed by atoms with Crippen LogP contribution in [-0.2, 0) is 16.0 Å². The standard InChI is InChI=1S/C19H22N4O3S/c1-11(2)19(4)18(25)22-16(23-19)15-13(6-5-8-20-15)17(24)26-9-7-14-12(3)21-10-27-14/h5-6,8,10-11H,7,9H2,1-4H3,(H,22,23,25). The Bertz CT molecular complexity index is 906. The summed E-state index contributed by atoms with van der Waals surface area (Å²) < 4.78 is 5.42. The summed E-state index contributed by atoms with van der Waals surface area (Å²) in [6, 6.07) is 3.29. The number of amidine groups is 1. The molecule has 27 heavy (non-hydrogen) atoms. The first kappa shape index (κ1) is 19.2. The average Bonchev–Trinajstić information content (AvgIpc) is 3.19. The Kier molecular flexibility index (Phi) is 5.36. The first-order valence-corrected chi connectivity index (χ1v) is 9.63. The van der Waals surface area contributed by atoms with E-state index < -0.39 is 11.5 Å². The largest absolute Gasteiger partial charge is 0.462 e. The van der Waals surface area contributed by atoms with E-state index in [1.165, 1.54) is 0 Å². The van der Waals surface area contributed by atoms with Crippen LogP contribution in [-0.4, -0.2) is 39.8 Å². The van der Waals surface area contributed by atoms with Crippen LogP contribution in [0.25, 0.3) is 0 Å². The monoisotopic (exact) mass is 386 g/mol. The van der Waals surface area contributed by atoms with Gasteiger partial charge in [0.25, 0.3) is 5.91 Å². The molecule has 2 aromatic heterocycles. The highest BCUT2D eigenvalue weighted by molar-refractivity contribution is 7.09. The van der Waals surface area contributed by atoms with Crippen LogP contribution in [0.15, 0.2) is 28.8 Å². The van der Waals surface area contributed by atoms with Crippen LogP contribution >= 0.6 is 11.3 Å².